The summed E-state index contributed by atoms with van der Waals surface area (Å²) in [5.41, 5.74) is 1.73. The summed E-state index contributed by atoms with van der Waals surface area (Å²) < 4.78 is 17.8. The van der Waals surface area contributed by atoms with Gasteiger partial charge in [0.2, 0.25) is 5.88 Å². The molecule has 1 N–H and O–H groups in total. The van der Waals surface area contributed by atoms with Crippen LogP contribution in [0.25, 0.3) is 0 Å². The predicted molar refractivity (Wildman–Crippen MR) is 109 cm³/mol. The molecule has 154 valence electrons. The molecule has 0 spiro atoms. The van der Waals surface area contributed by atoms with E-state index in [4.69, 9.17) is 14.2 Å². The van der Waals surface area contributed by atoms with E-state index in [0.717, 1.165) is 36.1 Å². The van der Waals surface area contributed by atoms with Crippen molar-refractivity contribution >= 4 is 5.91 Å². The van der Waals surface area contributed by atoms with E-state index in [2.05, 4.69) is 10.3 Å². The number of hydrogen-bond donors (Lipinski definition) is 1. The second-order valence-electron chi connectivity index (χ2n) is 8.34. The van der Waals surface area contributed by atoms with Crippen LogP contribution in [0.15, 0.2) is 36.5 Å². The summed E-state index contributed by atoms with van der Waals surface area (Å²) in [6.45, 7) is 4.37. The normalized spacial score (nSPS) is 17.4. The molecule has 0 unspecified atom stereocenters. The van der Waals surface area contributed by atoms with E-state index in [9.17, 15) is 4.79 Å². The van der Waals surface area contributed by atoms with Crippen LogP contribution >= 0.6 is 0 Å². The maximum Gasteiger partial charge on any atom is 0.258 e. The molecule has 6 nitrogen and oxygen atoms in total. The average molecular weight is 396 g/mol. The third-order valence-electron chi connectivity index (χ3n) is 5.32. The SMILES string of the molecule is CC1(C)Cc2cccc(OCC(=O)NCc3cccnc3OC3CCCC3)c2O1. The fourth-order valence-electron chi connectivity index (χ4n) is 3.92. The second-order valence-corrected chi connectivity index (χ2v) is 8.34. The monoisotopic (exact) mass is 396 g/mol. The van der Waals surface area contributed by atoms with E-state index in [1.807, 2.05) is 44.2 Å². The fourth-order valence-corrected chi connectivity index (χ4v) is 3.92. The summed E-state index contributed by atoms with van der Waals surface area (Å²) in [6, 6.07) is 9.58. The quantitative estimate of drug-likeness (QED) is 0.771. The van der Waals surface area contributed by atoms with Crippen molar-refractivity contribution in [2.75, 3.05) is 6.61 Å². The molecule has 0 bridgehead atoms. The molecule has 1 fully saturated rings. The average Bonchev–Trinajstić information content (AvgIpc) is 3.31. The third-order valence-corrected chi connectivity index (χ3v) is 5.32. The Bertz CT molecular complexity index is 875. The van der Waals surface area contributed by atoms with Gasteiger partial charge in [0.1, 0.15) is 11.7 Å². The minimum absolute atomic E-state index is 0.0701. The van der Waals surface area contributed by atoms with Crippen LogP contribution in [0, 0.1) is 0 Å². The molecule has 0 atom stereocenters. The molecule has 2 heterocycles. The molecule has 1 aliphatic heterocycles. The standard InChI is InChI=1S/C23H28N2O4/c1-23(2)13-16-7-5-11-19(21(16)29-23)27-15-20(26)25-14-17-8-6-12-24-22(17)28-18-9-3-4-10-18/h5-8,11-12,18H,3-4,9-10,13-15H2,1-2H3,(H,25,26). The van der Waals surface area contributed by atoms with Gasteiger partial charge in [-0.15, -0.1) is 0 Å². The minimum atomic E-state index is -0.250. The first-order valence-corrected chi connectivity index (χ1v) is 10.3. The Morgan fingerprint density at radius 3 is 2.90 bits per heavy atom. The number of carbonyl (C=O) groups excluding carboxylic acids is 1. The lowest BCUT2D eigenvalue weighted by atomic mass is 10.0. The number of amides is 1. The molecule has 1 aromatic heterocycles. The molecule has 2 aromatic rings. The van der Waals surface area contributed by atoms with Crippen LogP contribution in [0.5, 0.6) is 17.4 Å². The summed E-state index contributed by atoms with van der Waals surface area (Å²) in [5.74, 6) is 1.76. The summed E-state index contributed by atoms with van der Waals surface area (Å²) in [7, 11) is 0. The van der Waals surface area contributed by atoms with Gasteiger partial charge in [0, 0.05) is 30.3 Å². The van der Waals surface area contributed by atoms with Gasteiger partial charge >= 0.3 is 0 Å². The molecule has 29 heavy (non-hydrogen) atoms. The van der Waals surface area contributed by atoms with E-state index in [1.165, 1.54) is 12.8 Å². The highest BCUT2D eigenvalue weighted by atomic mass is 16.5. The van der Waals surface area contributed by atoms with Crippen LogP contribution in [0.4, 0.5) is 0 Å². The number of nitrogens with one attached hydrogen (secondary N) is 1. The van der Waals surface area contributed by atoms with Gasteiger partial charge < -0.3 is 19.5 Å². The van der Waals surface area contributed by atoms with Crippen LogP contribution in [0.1, 0.15) is 50.7 Å². The second kappa shape index (κ2) is 8.31. The number of aromatic nitrogens is 1. The van der Waals surface area contributed by atoms with E-state index < -0.39 is 0 Å². The topological polar surface area (TPSA) is 69.7 Å². The van der Waals surface area contributed by atoms with Crippen molar-refractivity contribution in [2.24, 2.45) is 0 Å². The molecular weight excluding hydrogens is 368 g/mol. The number of rotatable bonds is 7. The molecule has 1 saturated carbocycles. The Labute approximate surface area is 171 Å². The summed E-state index contributed by atoms with van der Waals surface area (Å²) in [6.07, 6.45) is 7.31. The molecular formula is C23H28N2O4. The zero-order chi connectivity index (χ0) is 20.3. The van der Waals surface area contributed by atoms with Gasteiger partial charge in [-0.2, -0.15) is 0 Å². The zero-order valence-electron chi connectivity index (χ0n) is 17.1. The van der Waals surface area contributed by atoms with Gasteiger partial charge in [-0.3, -0.25) is 4.79 Å². The molecule has 6 heteroatoms. The lowest BCUT2D eigenvalue weighted by molar-refractivity contribution is -0.123. The van der Waals surface area contributed by atoms with Gasteiger partial charge in [0.05, 0.1) is 0 Å². The highest BCUT2D eigenvalue weighted by molar-refractivity contribution is 5.77. The molecule has 1 amide bonds. The number of ether oxygens (including phenoxy) is 3. The number of fused-ring (bicyclic) bond motifs is 1. The van der Waals surface area contributed by atoms with Crippen molar-refractivity contribution in [3.63, 3.8) is 0 Å². The van der Waals surface area contributed by atoms with Crippen molar-refractivity contribution in [1.29, 1.82) is 0 Å². The van der Waals surface area contributed by atoms with E-state index in [-0.39, 0.29) is 24.2 Å². The highest BCUT2D eigenvalue weighted by Gasteiger charge is 2.32. The highest BCUT2D eigenvalue weighted by Crippen LogP contribution is 2.41. The number of pyridine rings is 1. The van der Waals surface area contributed by atoms with Crippen LogP contribution in [-0.4, -0.2) is 29.2 Å². The number of nitrogens with zero attached hydrogens (tertiary/aromatic N) is 1. The van der Waals surface area contributed by atoms with Crippen molar-refractivity contribution in [1.82, 2.24) is 10.3 Å². The summed E-state index contributed by atoms with van der Waals surface area (Å²) in [4.78, 5) is 16.7. The van der Waals surface area contributed by atoms with Crippen LogP contribution in [-0.2, 0) is 17.8 Å². The Morgan fingerprint density at radius 1 is 1.24 bits per heavy atom. The Morgan fingerprint density at radius 2 is 2.07 bits per heavy atom. The molecule has 2 aliphatic rings. The lowest BCUT2D eigenvalue weighted by Crippen LogP contribution is -2.29. The Balaban J connectivity index is 1.31. The van der Waals surface area contributed by atoms with Crippen LogP contribution in [0.3, 0.4) is 0 Å². The van der Waals surface area contributed by atoms with Crippen molar-refractivity contribution in [2.45, 2.75) is 64.2 Å². The number of hydrogen-bond acceptors (Lipinski definition) is 5. The summed E-state index contributed by atoms with van der Waals surface area (Å²) in [5, 5.41) is 2.89. The number of carbonyl (C=O) groups is 1. The molecule has 1 aromatic carbocycles. The van der Waals surface area contributed by atoms with Crippen LogP contribution in [0.2, 0.25) is 0 Å². The fraction of sp³-hybridized carbons (Fsp3) is 0.478. The van der Waals surface area contributed by atoms with Crippen molar-refractivity contribution in [3.8, 4) is 17.4 Å². The minimum Gasteiger partial charge on any atom is -0.483 e. The van der Waals surface area contributed by atoms with Gasteiger partial charge in [0.25, 0.3) is 5.91 Å². The van der Waals surface area contributed by atoms with Crippen LogP contribution < -0.4 is 19.5 Å². The van der Waals surface area contributed by atoms with Crippen molar-refractivity contribution < 1.29 is 19.0 Å². The molecule has 0 saturated heterocycles. The first kappa shape index (κ1) is 19.6. The zero-order valence-corrected chi connectivity index (χ0v) is 17.1. The third kappa shape index (κ3) is 4.81. The first-order chi connectivity index (χ1) is 14.0. The Kier molecular flexibility index (Phi) is 5.60. The van der Waals surface area contributed by atoms with Gasteiger partial charge in [0.15, 0.2) is 18.1 Å². The predicted octanol–water partition coefficient (Wildman–Crippen LogP) is 3.81. The number of benzene rings is 1. The molecule has 1 aliphatic carbocycles. The van der Waals surface area contributed by atoms with Gasteiger partial charge in [-0.05, 0) is 51.7 Å². The lowest BCUT2D eigenvalue weighted by Gasteiger charge is -2.18. The maximum atomic E-state index is 12.3. The van der Waals surface area contributed by atoms with E-state index in [1.54, 1.807) is 6.20 Å². The maximum absolute atomic E-state index is 12.3. The largest absolute Gasteiger partial charge is 0.483 e. The first-order valence-electron chi connectivity index (χ1n) is 10.3. The molecule has 0 radical (unpaired) electrons. The van der Waals surface area contributed by atoms with Gasteiger partial charge in [-0.1, -0.05) is 18.2 Å². The summed E-state index contributed by atoms with van der Waals surface area (Å²) >= 11 is 0. The van der Waals surface area contributed by atoms with Crippen molar-refractivity contribution in [3.05, 3.63) is 47.7 Å². The number of para-hydroxylation sites is 1. The van der Waals surface area contributed by atoms with Gasteiger partial charge in [-0.25, -0.2) is 4.98 Å². The van der Waals surface area contributed by atoms with E-state index in [0.29, 0.717) is 18.2 Å². The Hall–Kier alpha value is -2.76. The van der Waals surface area contributed by atoms with E-state index >= 15 is 0 Å². The molecule has 4 rings (SSSR count). The smallest absolute Gasteiger partial charge is 0.258 e.